The SMILES string of the molecule is CC(c1nc2ccccc2c(=O)n1C)N1CCN(S(=O)(=O)c2ccc(C#N)cc2)CC1. The lowest BCUT2D eigenvalue weighted by atomic mass is 10.2. The van der Waals surface area contributed by atoms with Crippen molar-refractivity contribution in [3.63, 3.8) is 0 Å². The fraction of sp³-hybridized carbons (Fsp3) is 0.318. The smallest absolute Gasteiger partial charge is 0.261 e. The Morgan fingerprint density at radius 1 is 1.03 bits per heavy atom. The van der Waals surface area contributed by atoms with Crippen LogP contribution < -0.4 is 5.56 Å². The normalized spacial score (nSPS) is 16.8. The summed E-state index contributed by atoms with van der Waals surface area (Å²) >= 11 is 0. The van der Waals surface area contributed by atoms with E-state index in [-0.39, 0.29) is 16.5 Å². The van der Waals surface area contributed by atoms with Gasteiger partial charge in [0.25, 0.3) is 5.56 Å². The fourth-order valence-corrected chi connectivity index (χ4v) is 5.38. The molecule has 1 unspecified atom stereocenters. The van der Waals surface area contributed by atoms with Crippen LogP contribution in [-0.2, 0) is 17.1 Å². The maximum Gasteiger partial charge on any atom is 0.261 e. The summed E-state index contributed by atoms with van der Waals surface area (Å²) in [6, 6.07) is 15.1. The minimum atomic E-state index is -3.62. The molecule has 0 spiro atoms. The molecule has 0 aliphatic carbocycles. The van der Waals surface area contributed by atoms with Crippen LogP contribution in [0.1, 0.15) is 24.4 Å². The van der Waals surface area contributed by atoms with E-state index in [0.29, 0.717) is 48.5 Å². The minimum absolute atomic E-state index is 0.0884. The van der Waals surface area contributed by atoms with E-state index < -0.39 is 10.0 Å². The monoisotopic (exact) mass is 437 g/mol. The average molecular weight is 438 g/mol. The van der Waals surface area contributed by atoms with Gasteiger partial charge in [-0.25, -0.2) is 13.4 Å². The molecule has 1 aromatic heterocycles. The number of nitriles is 1. The highest BCUT2D eigenvalue weighted by Gasteiger charge is 2.31. The highest BCUT2D eigenvalue weighted by molar-refractivity contribution is 7.89. The molecule has 4 rings (SSSR count). The van der Waals surface area contributed by atoms with Gasteiger partial charge < -0.3 is 0 Å². The Hall–Kier alpha value is -3.06. The molecule has 1 aliphatic rings. The number of benzene rings is 2. The van der Waals surface area contributed by atoms with Crippen molar-refractivity contribution in [1.29, 1.82) is 5.26 Å². The van der Waals surface area contributed by atoms with Crippen LogP contribution in [0.15, 0.2) is 58.2 Å². The molecule has 0 radical (unpaired) electrons. The Kier molecular flexibility index (Phi) is 5.62. The molecule has 0 N–H and O–H groups in total. The van der Waals surface area contributed by atoms with E-state index in [1.54, 1.807) is 17.7 Å². The molecular weight excluding hydrogens is 414 g/mol. The lowest BCUT2D eigenvalue weighted by Gasteiger charge is -2.37. The van der Waals surface area contributed by atoms with Gasteiger partial charge in [0.1, 0.15) is 5.82 Å². The van der Waals surface area contributed by atoms with E-state index in [9.17, 15) is 13.2 Å². The number of para-hydroxylation sites is 1. The summed E-state index contributed by atoms with van der Waals surface area (Å²) in [6.07, 6.45) is 0. The van der Waals surface area contributed by atoms with Crippen molar-refractivity contribution in [3.8, 4) is 6.07 Å². The van der Waals surface area contributed by atoms with E-state index in [1.807, 2.05) is 31.2 Å². The van der Waals surface area contributed by atoms with Crippen LogP contribution in [0.5, 0.6) is 0 Å². The zero-order valence-corrected chi connectivity index (χ0v) is 18.2. The second kappa shape index (κ2) is 8.23. The molecule has 1 atom stereocenters. The molecule has 9 heteroatoms. The maximum absolute atomic E-state index is 12.9. The van der Waals surface area contributed by atoms with E-state index in [4.69, 9.17) is 10.2 Å². The Morgan fingerprint density at radius 2 is 1.68 bits per heavy atom. The quantitative estimate of drug-likeness (QED) is 0.618. The lowest BCUT2D eigenvalue weighted by molar-refractivity contribution is 0.139. The Labute approximate surface area is 181 Å². The van der Waals surface area contributed by atoms with Crippen molar-refractivity contribution < 1.29 is 8.42 Å². The number of fused-ring (bicyclic) bond motifs is 1. The first-order valence-electron chi connectivity index (χ1n) is 10.0. The van der Waals surface area contributed by atoms with E-state index in [0.717, 1.165) is 0 Å². The van der Waals surface area contributed by atoms with Crippen molar-refractivity contribution in [3.05, 3.63) is 70.3 Å². The van der Waals surface area contributed by atoms with Gasteiger partial charge in [-0.2, -0.15) is 9.57 Å². The van der Waals surface area contributed by atoms with Gasteiger partial charge in [-0.05, 0) is 43.3 Å². The summed E-state index contributed by atoms with van der Waals surface area (Å²) < 4.78 is 28.9. The van der Waals surface area contributed by atoms with Crippen LogP contribution in [-0.4, -0.2) is 53.4 Å². The molecule has 1 aliphatic heterocycles. The van der Waals surface area contributed by atoms with Gasteiger partial charge >= 0.3 is 0 Å². The van der Waals surface area contributed by atoms with Crippen LogP contribution >= 0.6 is 0 Å². The largest absolute Gasteiger partial charge is 0.298 e. The zero-order valence-electron chi connectivity index (χ0n) is 17.4. The van der Waals surface area contributed by atoms with Crippen molar-refractivity contribution in [2.24, 2.45) is 7.05 Å². The van der Waals surface area contributed by atoms with E-state index in [1.165, 1.54) is 28.6 Å². The summed E-state index contributed by atoms with van der Waals surface area (Å²) in [5.74, 6) is 0.659. The number of rotatable bonds is 4. The molecule has 3 aromatic rings. The van der Waals surface area contributed by atoms with Crippen LogP contribution in [0.2, 0.25) is 0 Å². The predicted molar refractivity (Wildman–Crippen MR) is 117 cm³/mol. The molecule has 31 heavy (non-hydrogen) atoms. The second-order valence-corrected chi connectivity index (χ2v) is 9.54. The van der Waals surface area contributed by atoms with Crippen LogP contribution in [0.25, 0.3) is 10.9 Å². The molecule has 2 heterocycles. The molecule has 1 fully saturated rings. The first-order chi connectivity index (χ1) is 14.8. The third kappa shape index (κ3) is 3.85. The second-order valence-electron chi connectivity index (χ2n) is 7.60. The topological polar surface area (TPSA) is 99.3 Å². The fourth-order valence-electron chi connectivity index (χ4n) is 3.95. The highest BCUT2D eigenvalue weighted by Crippen LogP contribution is 2.24. The molecular formula is C22H23N5O3S. The maximum atomic E-state index is 12.9. The third-order valence-corrected chi connectivity index (χ3v) is 7.75. The number of hydrogen-bond acceptors (Lipinski definition) is 6. The first-order valence-corrected chi connectivity index (χ1v) is 11.5. The zero-order chi connectivity index (χ0) is 22.2. The molecule has 0 bridgehead atoms. The van der Waals surface area contributed by atoms with Gasteiger partial charge in [-0.1, -0.05) is 12.1 Å². The summed E-state index contributed by atoms with van der Waals surface area (Å²) in [7, 11) is -1.90. The molecule has 0 saturated carbocycles. The summed E-state index contributed by atoms with van der Waals surface area (Å²) in [6.45, 7) is 3.72. The highest BCUT2D eigenvalue weighted by atomic mass is 32.2. The summed E-state index contributed by atoms with van der Waals surface area (Å²) in [4.78, 5) is 19.8. The minimum Gasteiger partial charge on any atom is -0.298 e. The molecule has 0 amide bonds. The lowest BCUT2D eigenvalue weighted by Crippen LogP contribution is -2.49. The number of piperazine rings is 1. The van der Waals surface area contributed by atoms with Crippen molar-refractivity contribution in [1.82, 2.24) is 18.8 Å². The van der Waals surface area contributed by atoms with Crippen LogP contribution in [0.3, 0.4) is 0 Å². The van der Waals surface area contributed by atoms with Gasteiger partial charge in [-0.15, -0.1) is 0 Å². The van der Waals surface area contributed by atoms with Crippen molar-refractivity contribution in [2.45, 2.75) is 17.9 Å². The van der Waals surface area contributed by atoms with Crippen molar-refractivity contribution >= 4 is 20.9 Å². The van der Waals surface area contributed by atoms with Crippen molar-refractivity contribution in [2.75, 3.05) is 26.2 Å². The van der Waals surface area contributed by atoms with Gasteiger partial charge in [0.05, 0.1) is 33.5 Å². The van der Waals surface area contributed by atoms with Crippen LogP contribution in [0.4, 0.5) is 0 Å². The third-order valence-electron chi connectivity index (χ3n) is 5.83. The van der Waals surface area contributed by atoms with Gasteiger partial charge in [-0.3, -0.25) is 14.3 Å². The number of sulfonamides is 1. The van der Waals surface area contributed by atoms with Gasteiger partial charge in [0, 0.05) is 33.2 Å². The number of aromatic nitrogens is 2. The summed E-state index contributed by atoms with van der Waals surface area (Å²) in [5, 5.41) is 9.49. The Morgan fingerprint density at radius 3 is 2.32 bits per heavy atom. The summed E-state index contributed by atoms with van der Waals surface area (Å²) in [5.41, 5.74) is 0.995. The average Bonchev–Trinajstić information content (AvgIpc) is 2.81. The molecule has 2 aromatic carbocycles. The van der Waals surface area contributed by atoms with Crippen LogP contribution in [0, 0.1) is 11.3 Å². The number of nitrogens with zero attached hydrogens (tertiary/aromatic N) is 5. The number of hydrogen-bond donors (Lipinski definition) is 0. The standard InChI is InChI=1S/C22H23N5O3S/c1-16(21-24-20-6-4-3-5-19(20)22(28)25(21)2)26-11-13-27(14-12-26)31(29,30)18-9-7-17(15-23)8-10-18/h3-10,16H,11-14H2,1-2H3. The molecule has 1 saturated heterocycles. The van der Waals surface area contributed by atoms with Gasteiger partial charge in [0.15, 0.2) is 0 Å². The van der Waals surface area contributed by atoms with E-state index >= 15 is 0 Å². The Bertz CT molecular complexity index is 1320. The predicted octanol–water partition coefficient (Wildman–Crippen LogP) is 1.87. The first kappa shape index (κ1) is 21.2. The van der Waals surface area contributed by atoms with Gasteiger partial charge in [0.2, 0.25) is 10.0 Å². The Balaban J connectivity index is 1.52. The molecule has 8 nitrogen and oxygen atoms in total. The molecule has 160 valence electrons. The van der Waals surface area contributed by atoms with E-state index in [2.05, 4.69) is 4.90 Å².